The standard InChI is InChI=1S/C15H12BrN3O/c1-9-8-10(6-7-12(9)16)20-14-11-4-2-3-5-13(11)18-15(17)19-14/h2-8H,1H3,(H2,17,18,19). The number of anilines is 1. The van der Waals surface area contributed by atoms with E-state index in [1.807, 2.05) is 49.4 Å². The van der Waals surface area contributed by atoms with Gasteiger partial charge in [0.25, 0.3) is 0 Å². The van der Waals surface area contributed by atoms with Crippen molar-refractivity contribution in [3.63, 3.8) is 0 Å². The van der Waals surface area contributed by atoms with Gasteiger partial charge in [-0.3, -0.25) is 0 Å². The number of rotatable bonds is 2. The summed E-state index contributed by atoms with van der Waals surface area (Å²) < 4.78 is 6.90. The van der Waals surface area contributed by atoms with Crippen molar-refractivity contribution in [2.75, 3.05) is 5.73 Å². The molecule has 2 N–H and O–H groups in total. The van der Waals surface area contributed by atoms with Gasteiger partial charge in [0.15, 0.2) is 0 Å². The normalized spacial score (nSPS) is 10.7. The third kappa shape index (κ3) is 2.44. The fourth-order valence-corrected chi connectivity index (χ4v) is 2.18. The first-order valence-corrected chi connectivity index (χ1v) is 6.89. The van der Waals surface area contributed by atoms with Gasteiger partial charge in [-0.2, -0.15) is 4.98 Å². The Bertz CT molecular complexity index is 789. The Labute approximate surface area is 124 Å². The number of nitrogens with zero attached hydrogens (tertiary/aromatic N) is 2. The zero-order valence-corrected chi connectivity index (χ0v) is 12.4. The second-order valence-electron chi connectivity index (χ2n) is 4.42. The van der Waals surface area contributed by atoms with Crippen LogP contribution < -0.4 is 10.5 Å². The topological polar surface area (TPSA) is 61.0 Å². The van der Waals surface area contributed by atoms with Crippen LogP contribution in [-0.4, -0.2) is 9.97 Å². The van der Waals surface area contributed by atoms with E-state index in [0.29, 0.717) is 11.6 Å². The second kappa shape index (κ2) is 5.09. The van der Waals surface area contributed by atoms with Crippen LogP contribution in [0, 0.1) is 6.92 Å². The van der Waals surface area contributed by atoms with Crippen molar-refractivity contribution in [2.45, 2.75) is 6.92 Å². The molecule has 0 fully saturated rings. The lowest BCUT2D eigenvalue weighted by atomic mass is 10.2. The Kier molecular flexibility index (Phi) is 3.28. The first-order chi connectivity index (χ1) is 9.63. The van der Waals surface area contributed by atoms with Crippen LogP contribution in [0.5, 0.6) is 11.6 Å². The summed E-state index contributed by atoms with van der Waals surface area (Å²) in [6.07, 6.45) is 0. The van der Waals surface area contributed by atoms with Crippen molar-refractivity contribution in [3.05, 3.63) is 52.5 Å². The molecule has 0 amide bonds. The minimum Gasteiger partial charge on any atom is -0.438 e. The number of para-hydroxylation sites is 1. The predicted octanol–water partition coefficient (Wildman–Crippen LogP) is 4.08. The molecule has 0 saturated carbocycles. The molecule has 0 radical (unpaired) electrons. The van der Waals surface area contributed by atoms with Crippen LogP contribution >= 0.6 is 15.9 Å². The second-order valence-corrected chi connectivity index (χ2v) is 5.27. The Hall–Kier alpha value is -2.14. The Balaban J connectivity index is 2.07. The fourth-order valence-electron chi connectivity index (χ4n) is 1.93. The van der Waals surface area contributed by atoms with E-state index >= 15 is 0 Å². The first kappa shape index (κ1) is 12.9. The Morgan fingerprint density at radius 2 is 1.90 bits per heavy atom. The van der Waals surface area contributed by atoms with Crippen LogP contribution in [0.4, 0.5) is 5.95 Å². The lowest BCUT2D eigenvalue weighted by Gasteiger charge is -2.09. The summed E-state index contributed by atoms with van der Waals surface area (Å²) in [7, 11) is 0. The molecule has 0 bridgehead atoms. The first-order valence-electron chi connectivity index (χ1n) is 6.10. The van der Waals surface area contributed by atoms with Crippen LogP contribution in [0.25, 0.3) is 10.9 Å². The number of ether oxygens (including phenoxy) is 1. The van der Waals surface area contributed by atoms with Gasteiger partial charge < -0.3 is 10.5 Å². The number of hydrogen-bond donors (Lipinski definition) is 1. The number of nitrogens with two attached hydrogens (primary N) is 1. The SMILES string of the molecule is Cc1cc(Oc2nc(N)nc3ccccc23)ccc1Br. The number of aryl methyl sites for hydroxylation is 1. The minimum absolute atomic E-state index is 0.201. The average molecular weight is 330 g/mol. The van der Waals surface area contributed by atoms with E-state index in [-0.39, 0.29) is 5.95 Å². The number of nitrogen functional groups attached to an aromatic ring is 1. The van der Waals surface area contributed by atoms with Gasteiger partial charge in [-0.05, 0) is 42.8 Å². The van der Waals surface area contributed by atoms with E-state index < -0.39 is 0 Å². The zero-order valence-electron chi connectivity index (χ0n) is 10.8. The summed E-state index contributed by atoms with van der Waals surface area (Å²) in [6.45, 7) is 2.00. The van der Waals surface area contributed by atoms with E-state index in [2.05, 4.69) is 25.9 Å². The van der Waals surface area contributed by atoms with Gasteiger partial charge in [0.2, 0.25) is 11.8 Å². The fraction of sp³-hybridized carbons (Fsp3) is 0.0667. The van der Waals surface area contributed by atoms with Crippen molar-refractivity contribution < 1.29 is 4.74 Å². The van der Waals surface area contributed by atoms with Crippen molar-refractivity contribution >= 4 is 32.8 Å². The molecule has 3 aromatic rings. The molecule has 0 unspecified atom stereocenters. The summed E-state index contributed by atoms with van der Waals surface area (Å²) in [5.41, 5.74) is 7.58. The van der Waals surface area contributed by atoms with E-state index in [0.717, 1.165) is 20.9 Å². The number of hydrogen-bond acceptors (Lipinski definition) is 4. The average Bonchev–Trinajstić information content (AvgIpc) is 2.43. The Morgan fingerprint density at radius 3 is 2.70 bits per heavy atom. The lowest BCUT2D eigenvalue weighted by Crippen LogP contribution is -1.98. The molecule has 0 saturated heterocycles. The van der Waals surface area contributed by atoms with Crippen molar-refractivity contribution in [2.24, 2.45) is 0 Å². The predicted molar refractivity (Wildman–Crippen MR) is 82.9 cm³/mol. The maximum atomic E-state index is 5.86. The summed E-state index contributed by atoms with van der Waals surface area (Å²) in [5, 5.41) is 0.835. The van der Waals surface area contributed by atoms with Gasteiger partial charge in [-0.15, -0.1) is 0 Å². The quantitative estimate of drug-likeness (QED) is 0.769. The molecular weight excluding hydrogens is 318 g/mol. The van der Waals surface area contributed by atoms with Crippen molar-refractivity contribution in [1.29, 1.82) is 0 Å². The number of benzene rings is 2. The highest BCUT2D eigenvalue weighted by Crippen LogP contribution is 2.29. The highest BCUT2D eigenvalue weighted by molar-refractivity contribution is 9.10. The number of aromatic nitrogens is 2. The zero-order chi connectivity index (χ0) is 14.1. The lowest BCUT2D eigenvalue weighted by molar-refractivity contribution is 0.468. The third-order valence-corrected chi connectivity index (χ3v) is 3.82. The monoisotopic (exact) mass is 329 g/mol. The van der Waals surface area contributed by atoms with Crippen LogP contribution in [0.15, 0.2) is 46.9 Å². The largest absolute Gasteiger partial charge is 0.438 e. The molecule has 0 aliphatic heterocycles. The molecule has 100 valence electrons. The van der Waals surface area contributed by atoms with Gasteiger partial charge in [0.1, 0.15) is 5.75 Å². The van der Waals surface area contributed by atoms with Crippen LogP contribution in [-0.2, 0) is 0 Å². The summed E-state index contributed by atoms with van der Waals surface area (Å²) in [5.74, 6) is 1.39. The van der Waals surface area contributed by atoms with E-state index in [9.17, 15) is 0 Å². The van der Waals surface area contributed by atoms with Crippen molar-refractivity contribution in [3.8, 4) is 11.6 Å². The molecule has 1 aromatic heterocycles. The van der Waals surface area contributed by atoms with Crippen LogP contribution in [0.2, 0.25) is 0 Å². The van der Waals surface area contributed by atoms with E-state index in [1.165, 1.54) is 0 Å². The van der Waals surface area contributed by atoms with E-state index in [1.54, 1.807) is 0 Å². The molecule has 0 aliphatic rings. The highest BCUT2D eigenvalue weighted by atomic mass is 79.9. The minimum atomic E-state index is 0.201. The van der Waals surface area contributed by atoms with Gasteiger partial charge in [0.05, 0.1) is 10.9 Å². The number of fused-ring (bicyclic) bond motifs is 1. The summed E-state index contributed by atoms with van der Waals surface area (Å²) in [4.78, 5) is 8.37. The van der Waals surface area contributed by atoms with Gasteiger partial charge in [-0.1, -0.05) is 28.1 Å². The van der Waals surface area contributed by atoms with Crippen LogP contribution in [0.1, 0.15) is 5.56 Å². The molecule has 0 atom stereocenters. The smallest absolute Gasteiger partial charge is 0.231 e. The summed E-state index contributed by atoms with van der Waals surface area (Å²) >= 11 is 3.46. The molecule has 20 heavy (non-hydrogen) atoms. The van der Waals surface area contributed by atoms with Gasteiger partial charge in [0, 0.05) is 4.47 Å². The molecule has 3 rings (SSSR count). The molecular formula is C15H12BrN3O. The van der Waals surface area contributed by atoms with Crippen molar-refractivity contribution in [1.82, 2.24) is 9.97 Å². The van der Waals surface area contributed by atoms with Gasteiger partial charge in [-0.25, -0.2) is 4.98 Å². The molecule has 5 heteroatoms. The highest BCUT2D eigenvalue weighted by Gasteiger charge is 2.08. The molecule has 2 aromatic carbocycles. The molecule has 0 aliphatic carbocycles. The molecule has 0 spiro atoms. The van der Waals surface area contributed by atoms with Crippen LogP contribution in [0.3, 0.4) is 0 Å². The molecule has 4 nitrogen and oxygen atoms in total. The third-order valence-electron chi connectivity index (χ3n) is 2.93. The van der Waals surface area contributed by atoms with E-state index in [4.69, 9.17) is 10.5 Å². The van der Waals surface area contributed by atoms with Gasteiger partial charge >= 0.3 is 0 Å². The number of halogens is 1. The molecule has 1 heterocycles. The maximum absolute atomic E-state index is 5.86. The Morgan fingerprint density at radius 1 is 1.10 bits per heavy atom. The maximum Gasteiger partial charge on any atom is 0.231 e. The summed E-state index contributed by atoms with van der Waals surface area (Å²) in [6, 6.07) is 13.4.